The van der Waals surface area contributed by atoms with E-state index >= 15 is 0 Å². The molecular formula is C16H20N2O4. The molecule has 1 N–H and O–H groups in total. The topological polar surface area (TPSA) is 77.9 Å². The second-order valence-corrected chi connectivity index (χ2v) is 5.91. The van der Waals surface area contributed by atoms with Gasteiger partial charge in [0, 0.05) is 38.3 Å². The molecular weight excluding hydrogens is 284 g/mol. The Hall–Kier alpha value is -2.37. The molecule has 118 valence electrons. The molecule has 1 aliphatic heterocycles. The highest BCUT2D eigenvalue weighted by Gasteiger charge is 2.37. The van der Waals surface area contributed by atoms with Gasteiger partial charge in [0.1, 0.15) is 0 Å². The fourth-order valence-corrected chi connectivity index (χ4v) is 2.68. The number of carbonyl (C=O) groups excluding carboxylic acids is 2. The van der Waals surface area contributed by atoms with Crippen LogP contribution in [0.1, 0.15) is 27.6 Å². The van der Waals surface area contributed by atoms with Crippen LogP contribution in [0.2, 0.25) is 0 Å². The van der Waals surface area contributed by atoms with Gasteiger partial charge < -0.3 is 14.9 Å². The van der Waals surface area contributed by atoms with Crippen molar-refractivity contribution in [2.75, 3.05) is 27.2 Å². The smallest absolute Gasteiger partial charge is 0.308 e. The van der Waals surface area contributed by atoms with E-state index in [1.165, 1.54) is 4.90 Å². The van der Waals surface area contributed by atoms with Crippen LogP contribution in [0.15, 0.2) is 24.3 Å². The van der Waals surface area contributed by atoms with Crippen LogP contribution in [0, 0.1) is 11.8 Å². The van der Waals surface area contributed by atoms with Crippen molar-refractivity contribution in [3.05, 3.63) is 35.4 Å². The lowest BCUT2D eigenvalue weighted by Crippen LogP contribution is -2.30. The lowest BCUT2D eigenvalue weighted by molar-refractivity contribution is -0.142. The molecule has 1 heterocycles. The van der Waals surface area contributed by atoms with Gasteiger partial charge in [0.25, 0.3) is 11.8 Å². The minimum atomic E-state index is -0.876. The Kier molecular flexibility index (Phi) is 4.49. The Labute approximate surface area is 129 Å². The number of rotatable bonds is 3. The van der Waals surface area contributed by atoms with Gasteiger partial charge in [-0.2, -0.15) is 0 Å². The molecule has 22 heavy (non-hydrogen) atoms. The van der Waals surface area contributed by atoms with Crippen LogP contribution < -0.4 is 0 Å². The van der Waals surface area contributed by atoms with E-state index in [9.17, 15) is 14.4 Å². The second-order valence-electron chi connectivity index (χ2n) is 5.91. The third-order valence-electron chi connectivity index (χ3n) is 3.98. The molecule has 0 saturated carbocycles. The average Bonchev–Trinajstić information content (AvgIpc) is 2.87. The zero-order valence-corrected chi connectivity index (χ0v) is 12.9. The molecule has 0 radical (unpaired) electrons. The van der Waals surface area contributed by atoms with Gasteiger partial charge in [-0.25, -0.2) is 0 Å². The molecule has 0 unspecified atom stereocenters. The van der Waals surface area contributed by atoms with Gasteiger partial charge in [-0.3, -0.25) is 14.4 Å². The largest absolute Gasteiger partial charge is 0.481 e. The molecule has 1 aromatic carbocycles. The maximum atomic E-state index is 12.5. The van der Waals surface area contributed by atoms with Gasteiger partial charge in [0.2, 0.25) is 0 Å². The van der Waals surface area contributed by atoms with Crippen molar-refractivity contribution < 1.29 is 19.5 Å². The molecule has 2 rings (SSSR count). The SMILES string of the molecule is C[C@@H]1CN(C(=O)c2cccc(C(=O)N(C)C)c2)C[C@H]1C(=O)O. The van der Waals surface area contributed by atoms with E-state index in [1.54, 1.807) is 43.3 Å². The van der Waals surface area contributed by atoms with Crippen LogP contribution in [0.3, 0.4) is 0 Å². The molecule has 0 spiro atoms. The number of amides is 2. The van der Waals surface area contributed by atoms with Gasteiger partial charge in [-0.05, 0) is 24.1 Å². The lowest BCUT2D eigenvalue weighted by Gasteiger charge is -2.17. The van der Waals surface area contributed by atoms with Crippen LogP contribution in [0.4, 0.5) is 0 Å². The van der Waals surface area contributed by atoms with Crippen LogP contribution in [0.25, 0.3) is 0 Å². The van der Waals surface area contributed by atoms with Gasteiger partial charge in [0.05, 0.1) is 5.92 Å². The number of likely N-dealkylation sites (tertiary alicyclic amines) is 1. The van der Waals surface area contributed by atoms with Crippen molar-refractivity contribution in [1.82, 2.24) is 9.80 Å². The Morgan fingerprint density at radius 1 is 1.18 bits per heavy atom. The Balaban J connectivity index is 2.19. The fraction of sp³-hybridized carbons (Fsp3) is 0.438. The van der Waals surface area contributed by atoms with Crippen molar-refractivity contribution in [3.8, 4) is 0 Å². The highest BCUT2D eigenvalue weighted by Crippen LogP contribution is 2.25. The maximum absolute atomic E-state index is 12.5. The van der Waals surface area contributed by atoms with Crippen molar-refractivity contribution in [2.24, 2.45) is 11.8 Å². The van der Waals surface area contributed by atoms with E-state index in [1.807, 2.05) is 6.92 Å². The van der Waals surface area contributed by atoms with E-state index in [-0.39, 0.29) is 24.3 Å². The van der Waals surface area contributed by atoms with E-state index in [0.29, 0.717) is 17.7 Å². The van der Waals surface area contributed by atoms with Crippen molar-refractivity contribution in [3.63, 3.8) is 0 Å². The average molecular weight is 304 g/mol. The predicted octanol–water partition coefficient (Wildman–Crippen LogP) is 1.18. The molecule has 1 saturated heterocycles. The molecule has 1 aliphatic rings. The molecule has 6 heteroatoms. The summed E-state index contributed by atoms with van der Waals surface area (Å²) in [6.07, 6.45) is 0. The molecule has 0 bridgehead atoms. The number of benzene rings is 1. The molecule has 0 aliphatic carbocycles. The van der Waals surface area contributed by atoms with Crippen LogP contribution >= 0.6 is 0 Å². The molecule has 1 aromatic rings. The minimum absolute atomic E-state index is 0.0759. The molecule has 0 aromatic heterocycles. The van der Waals surface area contributed by atoms with E-state index in [4.69, 9.17) is 5.11 Å². The number of hydrogen-bond donors (Lipinski definition) is 1. The van der Waals surface area contributed by atoms with E-state index in [2.05, 4.69) is 0 Å². The summed E-state index contributed by atoms with van der Waals surface area (Å²) >= 11 is 0. The Bertz CT molecular complexity index is 612. The summed E-state index contributed by atoms with van der Waals surface area (Å²) in [4.78, 5) is 38.6. The van der Waals surface area contributed by atoms with E-state index in [0.717, 1.165) is 0 Å². The standard InChI is InChI=1S/C16H20N2O4/c1-10-8-18(9-13(10)16(21)22)15(20)12-6-4-5-11(7-12)14(19)17(2)3/h4-7,10,13H,8-9H2,1-3H3,(H,21,22)/t10-,13-/m1/s1. The summed E-state index contributed by atoms with van der Waals surface area (Å²) in [5.41, 5.74) is 0.851. The molecule has 2 amide bonds. The van der Waals surface area contributed by atoms with Crippen LogP contribution in [-0.2, 0) is 4.79 Å². The Morgan fingerprint density at radius 3 is 2.36 bits per heavy atom. The normalized spacial score (nSPS) is 20.8. The van der Waals surface area contributed by atoms with Gasteiger partial charge >= 0.3 is 5.97 Å². The van der Waals surface area contributed by atoms with Crippen molar-refractivity contribution in [1.29, 1.82) is 0 Å². The maximum Gasteiger partial charge on any atom is 0.308 e. The van der Waals surface area contributed by atoms with Crippen molar-refractivity contribution >= 4 is 17.8 Å². The zero-order chi connectivity index (χ0) is 16.4. The van der Waals surface area contributed by atoms with Gasteiger partial charge in [-0.1, -0.05) is 13.0 Å². The summed E-state index contributed by atoms with van der Waals surface area (Å²) in [6.45, 7) is 2.46. The first-order valence-corrected chi connectivity index (χ1v) is 7.15. The number of carboxylic acids is 1. The first kappa shape index (κ1) is 16.0. The number of aliphatic carboxylic acids is 1. The third-order valence-corrected chi connectivity index (χ3v) is 3.98. The second kappa shape index (κ2) is 6.17. The Morgan fingerprint density at radius 2 is 1.82 bits per heavy atom. The van der Waals surface area contributed by atoms with Gasteiger partial charge in [-0.15, -0.1) is 0 Å². The summed E-state index contributed by atoms with van der Waals surface area (Å²) in [5, 5.41) is 9.14. The monoisotopic (exact) mass is 304 g/mol. The minimum Gasteiger partial charge on any atom is -0.481 e. The number of nitrogens with zero attached hydrogens (tertiary/aromatic N) is 2. The number of carboxylic acid groups (broad SMARTS) is 1. The summed E-state index contributed by atoms with van der Waals surface area (Å²) < 4.78 is 0. The predicted molar refractivity (Wildman–Crippen MR) is 80.7 cm³/mol. The summed E-state index contributed by atoms with van der Waals surface area (Å²) in [7, 11) is 3.30. The van der Waals surface area contributed by atoms with Gasteiger partial charge in [0.15, 0.2) is 0 Å². The zero-order valence-electron chi connectivity index (χ0n) is 12.9. The highest BCUT2D eigenvalue weighted by atomic mass is 16.4. The van der Waals surface area contributed by atoms with Crippen molar-refractivity contribution in [2.45, 2.75) is 6.92 Å². The van der Waals surface area contributed by atoms with Crippen LogP contribution in [0.5, 0.6) is 0 Å². The first-order chi connectivity index (χ1) is 10.3. The summed E-state index contributed by atoms with van der Waals surface area (Å²) in [6, 6.07) is 6.53. The number of hydrogen-bond acceptors (Lipinski definition) is 3. The highest BCUT2D eigenvalue weighted by molar-refractivity contribution is 5.99. The quantitative estimate of drug-likeness (QED) is 0.909. The van der Waals surface area contributed by atoms with E-state index < -0.39 is 11.9 Å². The molecule has 2 atom stereocenters. The lowest BCUT2D eigenvalue weighted by atomic mass is 9.99. The molecule has 1 fully saturated rings. The van der Waals surface area contributed by atoms with Crippen LogP contribution in [-0.4, -0.2) is 59.9 Å². The number of carbonyl (C=O) groups is 3. The third kappa shape index (κ3) is 3.10. The fourth-order valence-electron chi connectivity index (χ4n) is 2.68. The summed E-state index contributed by atoms with van der Waals surface area (Å²) in [5.74, 6) is -1.89. The molecule has 6 nitrogen and oxygen atoms in total. The first-order valence-electron chi connectivity index (χ1n) is 7.15.